The Balaban J connectivity index is 1.23. The van der Waals surface area contributed by atoms with Gasteiger partial charge in [0.15, 0.2) is 0 Å². The average Bonchev–Trinajstić information content (AvgIpc) is 3.27. The molecule has 0 saturated heterocycles. The second-order valence-corrected chi connectivity index (χ2v) is 14.3. The lowest BCUT2D eigenvalue weighted by Crippen LogP contribution is -2.62. The van der Waals surface area contributed by atoms with Gasteiger partial charge in [0.05, 0.1) is 30.5 Å². The SMILES string of the molecule is CC(CCC(=O)NC(C)C(O)c1ccccc1)C1CCC2C3C(O)CC4CC(O)CCC4(C)C3CC(O)C12C. The summed E-state index contributed by atoms with van der Waals surface area (Å²) < 4.78 is 0. The Hall–Kier alpha value is -1.47. The molecule has 6 heteroatoms. The average molecular weight is 542 g/mol. The van der Waals surface area contributed by atoms with Crippen molar-refractivity contribution in [2.45, 2.75) is 116 Å². The summed E-state index contributed by atoms with van der Waals surface area (Å²) in [5, 5.41) is 47.2. The normalized spacial score (nSPS) is 43.9. The molecule has 1 aromatic carbocycles. The van der Waals surface area contributed by atoms with E-state index in [1.54, 1.807) is 0 Å². The number of fused-ring (bicyclic) bond motifs is 5. The summed E-state index contributed by atoms with van der Waals surface area (Å²) in [6, 6.07) is 9.04. The maximum atomic E-state index is 12.8. The zero-order chi connectivity index (χ0) is 28.1. The monoisotopic (exact) mass is 541 g/mol. The number of carbonyl (C=O) groups is 1. The Morgan fingerprint density at radius 2 is 1.72 bits per heavy atom. The molecule has 5 N–H and O–H groups in total. The van der Waals surface area contributed by atoms with Crippen molar-refractivity contribution in [3.05, 3.63) is 35.9 Å². The van der Waals surface area contributed by atoms with Gasteiger partial charge in [-0.3, -0.25) is 4.79 Å². The predicted octanol–water partition coefficient (Wildman–Crippen LogP) is 4.60. The molecule has 4 fully saturated rings. The minimum Gasteiger partial charge on any atom is -0.393 e. The van der Waals surface area contributed by atoms with E-state index < -0.39 is 12.2 Å². The van der Waals surface area contributed by atoms with Gasteiger partial charge in [0.25, 0.3) is 0 Å². The molecule has 218 valence electrons. The van der Waals surface area contributed by atoms with Gasteiger partial charge in [0.2, 0.25) is 5.91 Å². The van der Waals surface area contributed by atoms with Crippen LogP contribution >= 0.6 is 0 Å². The second-order valence-electron chi connectivity index (χ2n) is 14.3. The van der Waals surface area contributed by atoms with Gasteiger partial charge in [-0.05, 0) is 110 Å². The summed E-state index contributed by atoms with van der Waals surface area (Å²) in [4.78, 5) is 12.8. The van der Waals surface area contributed by atoms with Crippen molar-refractivity contribution in [3.63, 3.8) is 0 Å². The van der Waals surface area contributed by atoms with Crippen molar-refractivity contribution >= 4 is 5.91 Å². The number of aliphatic hydroxyl groups excluding tert-OH is 4. The van der Waals surface area contributed by atoms with E-state index in [4.69, 9.17) is 0 Å². The van der Waals surface area contributed by atoms with Crippen LogP contribution < -0.4 is 5.32 Å². The molecule has 39 heavy (non-hydrogen) atoms. The first kappa shape index (κ1) is 29.0. The lowest BCUT2D eigenvalue weighted by Gasteiger charge is -2.63. The van der Waals surface area contributed by atoms with Gasteiger partial charge in [-0.15, -0.1) is 0 Å². The molecular formula is C33H51NO5. The van der Waals surface area contributed by atoms with Gasteiger partial charge in [0.1, 0.15) is 0 Å². The minimum absolute atomic E-state index is 0.0468. The molecule has 4 aliphatic carbocycles. The van der Waals surface area contributed by atoms with Crippen molar-refractivity contribution in [3.8, 4) is 0 Å². The molecule has 0 bridgehead atoms. The molecule has 4 aliphatic rings. The third-order valence-corrected chi connectivity index (χ3v) is 12.4. The summed E-state index contributed by atoms with van der Waals surface area (Å²) >= 11 is 0. The Morgan fingerprint density at radius 1 is 1.00 bits per heavy atom. The fourth-order valence-electron chi connectivity index (χ4n) is 10.0. The van der Waals surface area contributed by atoms with Crippen LogP contribution in [0.2, 0.25) is 0 Å². The molecule has 1 aromatic rings. The molecule has 13 atom stereocenters. The first-order valence-corrected chi connectivity index (χ1v) is 15.5. The zero-order valence-corrected chi connectivity index (χ0v) is 24.3. The minimum atomic E-state index is -0.747. The van der Waals surface area contributed by atoms with Crippen molar-refractivity contribution in [2.24, 2.45) is 46.3 Å². The molecule has 0 aliphatic heterocycles. The van der Waals surface area contributed by atoms with E-state index >= 15 is 0 Å². The van der Waals surface area contributed by atoms with Gasteiger partial charge in [-0.2, -0.15) is 0 Å². The summed E-state index contributed by atoms with van der Waals surface area (Å²) in [5.74, 6) is 1.65. The van der Waals surface area contributed by atoms with E-state index in [9.17, 15) is 25.2 Å². The van der Waals surface area contributed by atoms with E-state index in [0.717, 1.165) is 56.9 Å². The van der Waals surface area contributed by atoms with Crippen LogP contribution in [0.25, 0.3) is 0 Å². The highest BCUT2D eigenvalue weighted by Crippen LogP contribution is 2.68. The second kappa shape index (κ2) is 11.1. The fraction of sp³-hybridized carbons (Fsp3) is 0.788. The van der Waals surface area contributed by atoms with Crippen molar-refractivity contribution in [1.29, 1.82) is 0 Å². The van der Waals surface area contributed by atoms with Crippen molar-refractivity contribution in [2.75, 3.05) is 0 Å². The highest BCUT2D eigenvalue weighted by atomic mass is 16.3. The molecule has 5 rings (SSSR count). The molecule has 1 amide bonds. The summed E-state index contributed by atoms with van der Waals surface area (Å²) in [5.41, 5.74) is 0.614. The van der Waals surface area contributed by atoms with Gasteiger partial charge >= 0.3 is 0 Å². The maximum absolute atomic E-state index is 12.8. The van der Waals surface area contributed by atoms with Crippen LogP contribution in [0, 0.1) is 46.3 Å². The van der Waals surface area contributed by atoms with E-state index in [0.29, 0.717) is 24.2 Å². The molecule has 0 aromatic heterocycles. The van der Waals surface area contributed by atoms with Crippen LogP contribution in [-0.4, -0.2) is 50.7 Å². The number of benzene rings is 1. The van der Waals surface area contributed by atoms with Gasteiger partial charge in [-0.25, -0.2) is 0 Å². The van der Waals surface area contributed by atoms with Crippen LogP contribution in [0.3, 0.4) is 0 Å². The maximum Gasteiger partial charge on any atom is 0.220 e. The van der Waals surface area contributed by atoms with E-state index in [-0.39, 0.29) is 52.7 Å². The largest absolute Gasteiger partial charge is 0.393 e. The highest BCUT2D eigenvalue weighted by Gasteiger charge is 2.65. The van der Waals surface area contributed by atoms with Crippen LogP contribution in [-0.2, 0) is 4.79 Å². The number of nitrogens with one attached hydrogen (secondary N) is 1. The number of hydrogen-bond donors (Lipinski definition) is 5. The Morgan fingerprint density at radius 3 is 2.44 bits per heavy atom. The van der Waals surface area contributed by atoms with Gasteiger partial charge in [-0.1, -0.05) is 51.1 Å². The number of hydrogen-bond acceptors (Lipinski definition) is 5. The summed E-state index contributed by atoms with van der Waals surface area (Å²) in [6.07, 6.45) is 5.49. The zero-order valence-electron chi connectivity index (χ0n) is 24.3. The topological polar surface area (TPSA) is 110 Å². The number of rotatable bonds is 7. The molecule has 4 saturated carbocycles. The first-order chi connectivity index (χ1) is 18.5. The summed E-state index contributed by atoms with van der Waals surface area (Å²) in [7, 11) is 0. The van der Waals surface area contributed by atoms with Crippen LogP contribution in [0.4, 0.5) is 0 Å². The summed E-state index contributed by atoms with van der Waals surface area (Å²) in [6.45, 7) is 8.69. The van der Waals surface area contributed by atoms with Gasteiger partial charge < -0.3 is 25.7 Å². The lowest BCUT2D eigenvalue weighted by atomic mass is 9.43. The predicted molar refractivity (Wildman–Crippen MR) is 151 cm³/mol. The van der Waals surface area contributed by atoms with Crippen LogP contribution in [0.5, 0.6) is 0 Å². The molecule has 0 radical (unpaired) electrons. The number of carbonyl (C=O) groups excluding carboxylic acids is 1. The lowest BCUT2D eigenvalue weighted by molar-refractivity contribution is -0.207. The Labute approximate surface area is 234 Å². The molecule has 6 nitrogen and oxygen atoms in total. The van der Waals surface area contributed by atoms with Crippen molar-refractivity contribution < 1.29 is 25.2 Å². The van der Waals surface area contributed by atoms with E-state index in [1.807, 2.05) is 37.3 Å². The standard InChI is InChI=1S/C33H51NO5/c1-19(10-13-29(38)34-20(2)31(39)21-8-6-5-7-9-21)24-11-12-25-30-26(18-28(37)33(24,25)4)32(3)15-14-23(35)16-22(32)17-27(30)36/h5-9,19-20,22-28,30-31,35-37,39H,10-18H2,1-4H3,(H,34,38). The number of amides is 1. The molecule has 0 heterocycles. The first-order valence-electron chi connectivity index (χ1n) is 15.5. The molecular weight excluding hydrogens is 490 g/mol. The highest BCUT2D eigenvalue weighted by molar-refractivity contribution is 5.76. The van der Waals surface area contributed by atoms with Crippen LogP contribution in [0.1, 0.15) is 97.1 Å². The Bertz CT molecular complexity index is 1000. The third kappa shape index (κ3) is 5.09. The quantitative estimate of drug-likeness (QED) is 0.347. The van der Waals surface area contributed by atoms with E-state index in [2.05, 4.69) is 26.1 Å². The van der Waals surface area contributed by atoms with Crippen molar-refractivity contribution in [1.82, 2.24) is 5.32 Å². The molecule has 0 spiro atoms. The third-order valence-electron chi connectivity index (χ3n) is 12.4. The van der Waals surface area contributed by atoms with E-state index in [1.165, 1.54) is 0 Å². The Kier molecular flexibility index (Phi) is 8.25. The van der Waals surface area contributed by atoms with Gasteiger partial charge in [0, 0.05) is 6.42 Å². The fourth-order valence-corrected chi connectivity index (χ4v) is 10.0. The number of aliphatic hydroxyl groups is 4. The smallest absolute Gasteiger partial charge is 0.220 e. The molecule has 13 unspecified atom stereocenters. The van der Waals surface area contributed by atoms with Crippen LogP contribution in [0.15, 0.2) is 30.3 Å².